The summed E-state index contributed by atoms with van der Waals surface area (Å²) >= 11 is 1.70. The van der Waals surface area contributed by atoms with E-state index >= 15 is 0 Å². The minimum absolute atomic E-state index is 0. The highest BCUT2D eigenvalue weighted by molar-refractivity contribution is 14.0. The molecule has 1 aromatic carbocycles. The van der Waals surface area contributed by atoms with E-state index < -0.39 is 0 Å². The number of ether oxygens (including phenoxy) is 1. The Kier molecular flexibility index (Phi) is 9.81. The number of benzene rings is 1. The molecule has 4 nitrogen and oxygen atoms in total. The molecule has 0 radical (unpaired) electrons. The molecule has 2 rings (SSSR count). The molecule has 0 bridgehead atoms. The molecule has 138 valence electrons. The molecule has 0 spiro atoms. The normalized spacial score (nSPS) is 13.5. The number of rotatable bonds is 7. The number of hydrogen-bond acceptors (Lipinski definition) is 3. The lowest BCUT2D eigenvalue weighted by atomic mass is 10.1. The van der Waals surface area contributed by atoms with E-state index in [1.807, 2.05) is 6.92 Å². The van der Waals surface area contributed by atoms with Gasteiger partial charge in [-0.25, -0.2) is 4.39 Å². The average molecular weight is 477 g/mol. The van der Waals surface area contributed by atoms with Gasteiger partial charge in [-0.3, -0.25) is 4.99 Å². The smallest absolute Gasteiger partial charge is 0.191 e. The first-order valence-corrected chi connectivity index (χ1v) is 8.92. The molecule has 0 aliphatic rings. The summed E-state index contributed by atoms with van der Waals surface area (Å²) in [4.78, 5) is 4.21. The van der Waals surface area contributed by atoms with Crippen molar-refractivity contribution in [3.05, 3.63) is 52.5 Å². The molecular weight excluding hydrogens is 452 g/mol. The van der Waals surface area contributed by atoms with Crippen LogP contribution in [0.4, 0.5) is 4.39 Å². The quantitative estimate of drug-likeness (QED) is 0.356. The van der Waals surface area contributed by atoms with E-state index in [-0.39, 0.29) is 41.6 Å². The highest BCUT2D eigenvalue weighted by Crippen LogP contribution is 2.17. The molecule has 2 unspecified atom stereocenters. The summed E-state index contributed by atoms with van der Waals surface area (Å²) < 4.78 is 19.2. The zero-order valence-corrected chi connectivity index (χ0v) is 17.8. The lowest BCUT2D eigenvalue weighted by molar-refractivity contribution is 0.214. The topological polar surface area (TPSA) is 45.7 Å². The summed E-state index contributed by atoms with van der Waals surface area (Å²) in [5.74, 6) is 1.03. The fourth-order valence-electron chi connectivity index (χ4n) is 2.18. The van der Waals surface area contributed by atoms with Crippen LogP contribution in [0.2, 0.25) is 0 Å². The molecule has 0 saturated carbocycles. The molecular formula is C18H25FIN3OS. The fourth-order valence-corrected chi connectivity index (χ4v) is 2.97. The van der Waals surface area contributed by atoms with Crippen molar-refractivity contribution in [2.24, 2.45) is 4.99 Å². The summed E-state index contributed by atoms with van der Waals surface area (Å²) in [6.45, 7) is 5.38. The second-order valence-electron chi connectivity index (χ2n) is 5.65. The molecule has 1 heterocycles. The maximum atomic E-state index is 13.6. The van der Waals surface area contributed by atoms with Crippen molar-refractivity contribution < 1.29 is 9.13 Å². The van der Waals surface area contributed by atoms with Gasteiger partial charge in [0.15, 0.2) is 17.5 Å². The predicted octanol–water partition coefficient (Wildman–Crippen LogP) is 4.24. The number of nitrogens with zero attached hydrogens (tertiary/aromatic N) is 1. The molecule has 7 heteroatoms. The van der Waals surface area contributed by atoms with E-state index in [0.717, 1.165) is 6.54 Å². The molecule has 0 saturated heterocycles. The fraction of sp³-hybridized carbons (Fsp3) is 0.389. The number of hydrogen-bond donors (Lipinski definition) is 2. The van der Waals surface area contributed by atoms with Crippen LogP contribution < -0.4 is 15.4 Å². The minimum atomic E-state index is -0.351. The van der Waals surface area contributed by atoms with Crippen LogP contribution in [-0.2, 0) is 0 Å². The minimum Gasteiger partial charge on any atom is -0.486 e. The third-order valence-electron chi connectivity index (χ3n) is 3.63. The third-order valence-corrected chi connectivity index (χ3v) is 4.33. The van der Waals surface area contributed by atoms with Crippen LogP contribution in [0, 0.1) is 5.82 Å². The maximum Gasteiger partial charge on any atom is 0.191 e. The second-order valence-corrected chi connectivity index (χ2v) is 6.43. The Morgan fingerprint density at radius 1 is 1.20 bits per heavy atom. The number of aliphatic imine (C=N–C) groups is 1. The van der Waals surface area contributed by atoms with Crippen molar-refractivity contribution in [2.75, 3.05) is 20.1 Å². The Morgan fingerprint density at radius 2 is 1.92 bits per heavy atom. The van der Waals surface area contributed by atoms with E-state index in [1.165, 1.54) is 11.6 Å². The summed E-state index contributed by atoms with van der Waals surface area (Å²) in [6.07, 6.45) is -0.185. The van der Waals surface area contributed by atoms with Crippen molar-refractivity contribution in [1.29, 1.82) is 0 Å². The number of nitrogens with one attached hydrogen (secondary N) is 2. The largest absolute Gasteiger partial charge is 0.486 e. The third kappa shape index (κ3) is 7.19. The van der Waals surface area contributed by atoms with Crippen LogP contribution >= 0.6 is 35.3 Å². The Labute approximate surface area is 169 Å². The van der Waals surface area contributed by atoms with Gasteiger partial charge in [0.2, 0.25) is 0 Å². The van der Waals surface area contributed by atoms with Crippen LogP contribution in [0.15, 0.2) is 46.1 Å². The van der Waals surface area contributed by atoms with E-state index in [0.29, 0.717) is 18.4 Å². The van der Waals surface area contributed by atoms with E-state index in [4.69, 9.17) is 4.74 Å². The van der Waals surface area contributed by atoms with E-state index in [9.17, 15) is 4.39 Å². The Bertz CT molecular complexity index is 652. The standard InChI is InChI=1S/C18H24FN3OS.HI/c1-13(15-8-9-24-12-15)10-21-18(20-3)22-11-14(2)23-17-7-5-4-6-16(17)19;/h4-9,12-14H,10-11H2,1-3H3,(H2,20,21,22);1H. The first kappa shape index (κ1) is 21.7. The van der Waals surface area contributed by atoms with Crippen LogP contribution in [-0.4, -0.2) is 32.2 Å². The highest BCUT2D eigenvalue weighted by Gasteiger charge is 2.10. The molecule has 25 heavy (non-hydrogen) atoms. The first-order valence-electron chi connectivity index (χ1n) is 7.98. The SMILES string of the molecule is CN=C(NCC(C)Oc1ccccc1F)NCC(C)c1ccsc1.I. The average Bonchev–Trinajstić information content (AvgIpc) is 3.11. The molecule has 2 N–H and O–H groups in total. The number of para-hydroxylation sites is 1. The van der Waals surface area contributed by atoms with Gasteiger partial charge in [0.25, 0.3) is 0 Å². The van der Waals surface area contributed by atoms with Gasteiger partial charge in [-0.05, 0) is 47.4 Å². The Hall–Kier alpha value is -1.35. The predicted molar refractivity (Wildman–Crippen MR) is 114 cm³/mol. The maximum absolute atomic E-state index is 13.6. The Morgan fingerprint density at radius 3 is 2.56 bits per heavy atom. The number of guanidine groups is 1. The van der Waals surface area contributed by atoms with Crippen molar-refractivity contribution in [2.45, 2.75) is 25.9 Å². The van der Waals surface area contributed by atoms with Gasteiger partial charge in [0, 0.05) is 13.6 Å². The molecule has 0 aliphatic carbocycles. The molecule has 2 atom stereocenters. The van der Waals surface area contributed by atoms with Crippen molar-refractivity contribution >= 4 is 41.3 Å². The first-order chi connectivity index (χ1) is 11.6. The van der Waals surface area contributed by atoms with E-state index in [2.05, 4.69) is 39.4 Å². The van der Waals surface area contributed by atoms with Crippen molar-refractivity contribution in [1.82, 2.24) is 10.6 Å². The Balaban J connectivity index is 0.00000312. The van der Waals surface area contributed by atoms with Crippen LogP contribution in [0.3, 0.4) is 0 Å². The lowest BCUT2D eigenvalue weighted by Gasteiger charge is -2.19. The zero-order valence-electron chi connectivity index (χ0n) is 14.7. The summed E-state index contributed by atoms with van der Waals surface area (Å²) in [5, 5.41) is 10.7. The summed E-state index contributed by atoms with van der Waals surface area (Å²) in [6, 6.07) is 8.55. The molecule has 0 amide bonds. The lowest BCUT2D eigenvalue weighted by Crippen LogP contribution is -2.42. The number of thiophene rings is 1. The van der Waals surface area contributed by atoms with Crippen molar-refractivity contribution in [3.63, 3.8) is 0 Å². The monoisotopic (exact) mass is 477 g/mol. The van der Waals surface area contributed by atoms with E-state index in [1.54, 1.807) is 36.6 Å². The number of halogens is 2. The zero-order chi connectivity index (χ0) is 17.4. The molecule has 1 aromatic heterocycles. The molecule has 0 aliphatic heterocycles. The highest BCUT2D eigenvalue weighted by atomic mass is 127. The van der Waals surface area contributed by atoms with Gasteiger partial charge < -0.3 is 15.4 Å². The molecule has 0 fully saturated rings. The molecule has 2 aromatic rings. The van der Waals surface area contributed by atoms with Gasteiger partial charge >= 0.3 is 0 Å². The van der Waals surface area contributed by atoms with Gasteiger partial charge in [0.05, 0.1) is 6.54 Å². The van der Waals surface area contributed by atoms with Gasteiger partial charge in [-0.15, -0.1) is 24.0 Å². The summed E-state index contributed by atoms with van der Waals surface area (Å²) in [5.41, 5.74) is 1.32. The van der Waals surface area contributed by atoms with Crippen LogP contribution in [0.25, 0.3) is 0 Å². The van der Waals surface area contributed by atoms with Crippen LogP contribution in [0.5, 0.6) is 5.75 Å². The second kappa shape index (κ2) is 11.3. The summed E-state index contributed by atoms with van der Waals surface area (Å²) in [7, 11) is 1.73. The van der Waals surface area contributed by atoms with Crippen LogP contribution in [0.1, 0.15) is 25.3 Å². The van der Waals surface area contributed by atoms with Gasteiger partial charge in [-0.1, -0.05) is 19.1 Å². The van der Waals surface area contributed by atoms with Gasteiger partial charge in [-0.2, -0.15) is 11.3 Å². The van der Waals surface area contributed by atoms with Gasteiger partial charge in [0.1, 0.15) is 6.10 Å². The van der Waals surface area contributed by atoms with Crippen molar-refractivity contribution in [3.8, 4) is 5.75 Å².